The van der Waals surface area contributed by atoms with Crippen LogP contribution in [0.2, 0.25) is 0 Å². The van der Waals surface area contributed by atoms with Gasteiger partial charge in [0.2, 0.25) is 0 Å². The van der Waals surface area contributed by atoms with Crippen LogP contribution in [0.15, 0.2) is 29.8 Å². The SMILES string of the molecule is Cc1cc(C)cc(C(O)C2=CCCCC2)c1. The Kier molecular flexibility index (Phi) is 3.45. The molecule has 0 fully saturated rings. The predicted molar refractivity (Wildman–Crippen MR) is 67.4 cm³/mol. The lowest BCUT2D eigenvalue weighted by molar-refractivity contribution is 0.208. The van der Waals surface area contributed by atoms with Gasteiger partial charge in [0.1, 0.15) is 6.10 Å². The molecule has 1 aliphatic rings. The molecular weight excluding hydrogens is 196 g/mol. The Balaban J connectivity index is 2.25. The van der Waals surface area contributed by atoms with Crippen LogP contribution < -0.4 is 0 Å². The van der Waals surface area contributed by atoms with Crippen molar-refractivity contribution in [2.45, 2.75) is 45.6 Å². The average molecular weight is 216 g/mol. The summed E-state index contributed by atoms with van der Waals surface area (Å²) in [7, 11) is 0. The third-order valence-corrected chi connectivity index (χ3v) is 3.24. The van der Waals surface area contributed by atoms with E-state index in [4.69, 9.17) is 0 Å². The van der Waals surface area contributed by atoms with Gasteiger partial charge in [0.15, 0.2) is 0 Å². The molecule has 0 saturated carbocycles. The predicted octanol–water partition coefficient (Wildman–Crippen LogP) is 3.84. The van der Waals surface area contributed by atoms with Gasteiger partial charge in [-0.2, -0.15) is 0 Å². The highest BCUT2D eigenvalue weighted by Crippen LogP contribution is 2.30. The van der Waals surface area contributed by atoms with Gasteiger partial charge in [-0.05, 0) is 50.7 Å². The molecule has 1 unspecified atom stereocenters. The van der Waals surface area contributed by atoms with E-state index in [1.165, 1.54) is 29.5 Å². The zero-order valence-electron chi connectivity index (χ0n) is 10.2. The molecule has 0 aliphatic heterocycles. The lowest BCUT2D eigenvalue weighted by Crippen LogP contribution is -2.05. The summed E-state index contributed by atoms with van der Waals surface area (Å²) in [6, 6.07) is 6.33. The maximum atomic E-state index is 10.3. The van der Waals surface area contributed by atoms with E-state index in [0.717, 1.165) is 18.4 Å². The first kappa shape index (κ1) is 11.4. The first-order chi connectivity index (χ1) is 7.66. The standard InChI is InChI=1S/C15H20O/c1-11-8-12(2)10-14(9-11)15(16)13-6-4-3-5-7-13/h6,8-10,15-16H,3-5,7H2,1-2H3. The van der Waals surface area contributed by atoms with E-state index in [9.17, 15) is 5.11 Å². The minimum atomic E-state index is -0.390. The van der Waals surface area contributed by atoms with Crippen molar-refractivity contribution in [2.75, 3.05) is 0 Å². The van der Waals surface area contributed by atoms with E-state index in [-0.39, 0.29) is 6.10 Å². The number of aliphatic hydroxyl groups excluding tert-OH is 1. The number of rotatable bonds is 2. The topological polar surface area (TPSA) is 20.2 Å². The summed E-state index contributed by atoms with van der Waals surface area (Å²) in [6.45, 7) is 4.16. The molecule has 2 rings (SSSR count). The van der Waals surface area contributed by atoms with Crippen molar-refractivity contribution in [2.24, 2.45) is 0 Å². The summed E-state index contributed by atoms with van der Waals surface area (Å²) in [5.74, 6) is 0. The molecule has 0 saturated heterocycles. The maximum absolute atomic E-state index is 10.3. The first-order valence-corrected chi connectivity index (χ1v) is 6.12. The summed E-state index contributed by atoms with van der Waals surface area (Å²) in [6.07, 6.45) is 6.48. The van der Waals surface area contributed by atoms with Crippen molar-refractivity contribution < 1.29 is 5.11 Å². The maximum Gasteiger partial charge on any atom is 0.100 e. The molecule has 0 radical (unpaired) electrons. The van der Waals surface area contributed by atoms with Gasteiger partial charge in [0.25, 0.3) is 0 Å². The molecule has 16 heavy (non-hydrogen) atoms. The second-order valence-corrected chi connectivity index (χ2v) is 4.85. The molecule has 0 spiro atoms. The molecule has 1 atom stereocenters. The van der Waals surface area contributed by atoms with Gasteiger partial charge in [0.05, 0.1) is 0 Å². The monoisotopic (exact) mass is 216 g/mol. The zero-order chi connectivity index (χ0) is 11.5. The zero-order valence-corrected chi connectivity index (χ0v) is 10.2. The van der Waals surface area contributed by atoms with Gasteiger partial charge < -0.3 is 5.11 Å². The van der Waals surface area contributed by atoms with Crippen LogP contribution in [-0.2, 0) is 0 Å². The van der Waals surface area contributed by atoms with Crippen molar-refractivity contribution in [3.05, 3.63) is 46.5 Å². The molecule has 0 aromatic heterocycles. The number of benzene rings is 1. The number of hydrogen-bond acceptors (Lipinski definition) is 1. The van der Waals surface area contributed by atoms with Crippen LogP contribution in [0.1, 0.15) is 48.5 Å². The molecule has 0 heterocycles. The summed E-state index contributed by atoms with van der Waals surface area (Å²) >= 11 is 0. The molecule has 1 N–H and O–H groups in total. The molecule has 1 aromatic carbocycles. The average Bonchev–Trinajstić information content (AvgIpc) is 2.28. The van der Waals surface area contributed by atoms with Gasteiger partial charge in [-0.3, -0.25) is 0 Å². The van der Waals surface area contributed by atoms with Crippen LogP contribution in [0.25, 0.3) is 0 Å². The minimum Gasteiger partial charge on any atom is -0.384 e. The van der Waals surface area contributed by atoms with Gasteiger partial charge in [0, 0.05) is 0 Å². The van der Waals surface area contributed by atoms with Crippen molar-refractivity contribution >= 4 is 0 Å². The first-order valence-electron chi connectivity index (χ1n) is 6.12. The third kappa shape index (κ3) is 2.53. The third-order valence-electron chi connectivity index (χ3n) is 3.24. The Hall–Kier alpha value is -1.08. The van der Waals surface area contributed by atoms with E-state index >= 15 is 0 Å². The van der Waals surface area contributed by atoms with Crippen LogP contribution in [0, 0.1) is 13.8 Å². The van der Waals surface area contributed by atoms with Crippen LogP contribution in [0.3, 0.4) is 0 Å². The van der Waals surface area contributed by atoms with Crippen molar-refractivity contribution in [3.8, 4) is 0 Å². The number of allylic oxidation sites excluding steroid dienone is 1. The number of aryl methyl sites for hydroxylation is 2. The molecule has 0 bridgehead atoms. The van der Waals surface area contributed by atoms with E-state index in [2.05, 4.69) is 38.1 Å². The van der Waals surface area contributed by atoms with Crippen LogP contribution in [-0.4, -0.2) is 5.11 Å². The molecular formula is C15H20O. The van der Waals surface area contributed by atoms with Gasteiger partial charge in [-0.25, -0.2) is 0 Å². The lowest BCUT2D eigenvalue weighted by atomic mass is 9.90. The Labute approximate surface area is 97.8 Å². The fourth-order valence-electron chi connectivity index (χ4n) is 2.49. The highest BCUT2D eigenvalue weighted by molar-refractivity contribution is 5.34. The molecule has 86 valence electrons. The van der Waals surface area contributed by atoms with E-state index in [0.29, 0.717) is 0 Å². The van der Waals surface area contributed by atoms with Crippen molar-refractivity contribution in [1.82, 2.24) is 0 Å². The molecule has 1 heteroatoms. The summed E-state index contributed by atoms with van der Waals surface area (Å²) in [5, 5.41) is 10.3. The van der Waals surface area contributed by atoms with Crippen molar-refractivity contribution in [3.63, 3.8) is 0 Å². The molecule has 1 aromatic rings. The van der Waals surface area contributed by atoms with Crippen LogP contribution in [0.4, 0.5) is 0 Å². The van der Waals surface area contributed by atoms with Gasteiger partial charge in [-0.1, -0.05) is 35.4 Å². The fourth-order valence-corrected chi connectivity index (χ4v) is 2.49. The summed E-state index contributed by atoms with van der Waals surface area (Å²) in [4.78, 5) is 0. The quantitative estimate of drug-likeness (QED) is 0.745. The van der Waals surface area contributed by atoms with Gasteiger partial charge >= 0.3 is 0 Å². The minimum absolute atomic E-state index is 0.390. The smallest absolute Gasteiger partial charge is 0.100 e. The second-order valence-electron chi connectivity index (χ2n) is 4.85. The van der Waals surface area contributed by atoms with Gasteiger partial charge in [-0.15, -0.1) is 0 Å². The fraction of sp³-hybridized carbons (Fsp3) is 0.467. The summed E-state index contributed by atoms with van der Waals surface area (Å²) in [5.41, 5.74) is 4.71. The lowest BCUT2D eigenvalue weighted by Gasteiger charge is -2.19. The second kappa shape index (κ2) is 4.84. The largest absolute Gasteiger partial charge is 0.384 e. The highest BCUT2D eigenvalue weighted by atomic mass is 16.3. The van der Waals surface area contributed by atoms with Crippen molar-refractivity contribution in [1.29, 1.82) is 0 Å². The van der Waals surface area contributed by atoms with E-state index in [1.54, 1.807) is 0 Å². The normalized spacial score (nSPS) is 18.1. The Morgan fingerprint density at radius 2 is 1.75 bits per heavy atom. The molecule has 1 aliphatic carbocycles. The Morgan fingerprint density at radius 3 is 2.31 bits per heavy atom. The Morgan fingerprint density at radius 1 is 1.06 bits per heavy atom. The highest BCUT2D eigenvalue weighted by Gasteiger charge is 2.15. The molecule has 0 amide bonds. The van der Waals surface area contributed by atoms with Crippen LogP contribution >= 0.6 is 0 Å². The van der Waals surface area contributed by atoms with E-state index < -0.39 is 0 Å². The Bertz CT molecular complexity index is 384. The molecule has 1 nitrogen and oxygen atoms in total. The summed E-state index contributed by atoms with van der Waals surface area (Å²) < 4.78 is 0. The van der Waals surface area contributed by atoms with Crippen LogP contribution in [0.5, 0.6) is 0 Å². The number of hydrogen-bond donors (Lipinski definition) is 1. The number of aliphatic hydroxyl groups is 1. The van der Waals surface area contributed by atoms with E-state index in [1.807, 2.05) is 0 Å².